The number of carbonyl (C=O) groups excluding carboxylic acids is 1. The third-order valence-corrected chi connectivity index (χ3v) is 5.05. The lowest BCUT2D eigenvalue weighted by atomic mass is 10.0. The van der Waals surface area contributed by atoms with Gasteiger partial charge >= 0.3 is 0 Å². The van der Waals surface area contributed by atoms with Crippen molar-refractivity contribution < 1.29 is 19.4 Å². The van der Waals surface area contributed by atoms with Crippen molar-refractivity contribution in [2.75, 3.05) is 13.2 Å². The Morgan fingerprint density at radius 3 is 2.59 bits per heavy atom. The second-order valence-corrected chi connectivity index (χ2v) is 7.40. The molecule has 2 heterocycles. The average Bonchev–Trinajstić information content (AvgIpc) is 3.16. The number of aryl methyl sites for hydroxylation is 2. The van der Waals surface area contributed by atoms with E-state index in [1.165, 1.54) is 6.92 Å². The molecular formula is C22H24N2O5. The van der Waals surface area contributed by atoms with E-state index < -0.39 is 17.2 Å². The molecule has 0 amide bonds. The zero-order chi connectivity index (χ0) is 21.1. The Balaban J connectivity index is 1.93. The maximum absolute atomic E-state index is 12.9. The van der Waals surface area contributed by atoms with Crippen molar-refractivity contribution in [2.24, 2.45) is 0 Å². The van der Waals surface area contributed by atoms with E-state index in [4.69, 9.17) is 9.47 Å². The number of ether oxygens (including phenoxy) is 2. The number of pyridine rings is 1. The second kappa shape index (κ2) is 8.50. The molecule has 1 aromatic carbocycles. The van der Waals surface area contributed by atoms with E-state index in [2.05, 4.69) is 0 Å². The van der Waals surface area contributed by atoms with Gasteiger partial charge in [-0.25, -0.2) is 0 Å². The first-order valence-electron chi connectivity index (χ1n) is 9.54. The lowest BCUT2D eigenvalue weighted by molar-refractivity contribution is 0.0894. The minimum absolute atomic E-state index is 0.0662. The van der Waals surface area contributed by atoms with Crippen LogP contribution in [0.1, 0.15) is 45.5 Å². The fraction of sp³-hybridized carbons (Fsp3) is 0.409. The summed E-state index contributed by atoms with van der Waals surface area (Å²) < 4.78 is 12.2. The molecule has 2 aromatic rings. The molecule has 0 saturated carbocycles. The van der Waals surface area contributed by atoms with Gasteiger partial charge in [-0.15, -0.1) is 0 Å². The third kappa shape index (κ3) is 4.33. The molecule has 1 atom stereocenters. The van der Waals surface area contributed by atoms with Crippen LogP contribution in [0.15, 0.2) is 23.0 Å². The molecule has 29 heavy (non-hydrogen) atoms. The van der Waals surface area contributed by atoms with Crippen molar-refractivity contribution in [1.29, 1.82) is 5.26 Å². The molecule has 1 fully saturated rings. The molecule has 3 rings (SSSR count). The Kier molecular flexibility index (Phi) is 6.04. The summed E-state index contributed by atoms with van der Waals surface area (Å²) in [5, 5.41) is 20.1. The van der Waals surface area contributed by atoms with Crippen molar-refractivity contribution in [1.82, 2.24) is 4.57 Å². The number of hydrogen-bond acceptors (Lipinski definition) is 6. The highest BCUT2D eigenvalue weighted by Crippen LogP contribution is 2.25. The number of carbonyl (C=O) groups is 1. The van der Waals surface area contributed by atoms with Gasteiger partial charge in [0.1, 0.15) is 17.4 Å². The number of hydrogen-bond donors (Lipinski definition) is 1. The molecule has 152 valence electrons. The van der Waals surface area contributed by atoms with Crippen LogP contribution in [-0.2, 0) is 11.3 Å². The minimum atomic E-state index is -0.621. The Morgan fingerprint density at radius 1 is 1.31 bits per heavy atom. The van der Waals surface area contributed by atoms with Crippen LogP contribution >= 0.6 is 0 Å². The number of rotatable bonds is 6. The van der Waals surface area contributed by atoms with Gasteiger partial charge in [-0.2, -0.15) is 5.26 Å². The van der Waals surface area contributed by atoms with Gasteiger partial charge in [0, 0.05) is 6.61 Å². The number of aromatic nitrogens is 1. The fourth-order valence-electron chi connectivity index (χ4n) is 3.68. The number of benzene rings is 1. The monoisotopic (exact) mass is 396 g/mol. The summed E-state index contributed by atoms with van der Waals surface area (Å²) in [7, 11) is 0. The molecule has 1 aliphatic heterocycles. The summed E-state index contributed by atoms with van der Waals surface area (Å²) in [6.45, 7) is 5.71. The first kappa shape index (κ1) is 20.6. The molecular weight excluding hydrogens is 372 g/mol. The zero-order valence-corrected chi connectivity index (χ0v) is 16.8. The summed E-state index contributed by atoms with van der Waals surface area (Å²) in [6.07, 6.45) is 1.38. The highest BCUT2D eigenvalue weighted by Gasteiger charge is 2.26. The molecule has 7 heteroatoms. The smallest absolute Gasteiger partial charge is 0.271 e. The summed E-state index contributed by atoms with van der Waals surface area (Å²) >= 11 is 0. The normalized spacial score (nSPS) is 15.9. The molecule has 1 unspecified atom stereocenters. The lowest BCUT2D eigenvalue weighted by Crippen LogP contribution is -2.31. The topological polar surface area (TPSA) is 102 Å². The van der Waals surface area contributed by atoms with Crippen LogP contribution in [0.5, 0.6) is 11.6 Å². The van der Waals surface area contributed by atoms with E-state index in [1.54, 1.807) is 0 Å². The van der Waals surface area contributed by atoms with E-state index in [-0.39, 0.29) is 35.9 Å². The van der Waals surface area contributed by atoms with Crippen LogP contribution in [0, 0.1) is 32.1 Å². The highest BCUT2D eigenvalue weighted by molar-refractivity contribution is 6.01. The maximum atomic E-state index is 12.9. The summed E-state index contributed by atoms with van der Waals surface area (Å²) in [4.78, 5) is 25.5. The van der Waals surface area contributed by atoms with Crippen molar-refractivity contribution >= 4 is 5.78 Å². The van der Waals surface area contributed by atoms with Crippen molar-refractivity contribution in [3.63, 3.8) is 0 Å². The Morgan fingerprint density at radius 2 is 2.00 bits per heavy atom. The second-order valence-electron chi connectivity index (χ2n) is 7.40. The predicted molar refractivity (Wildman–Crippen MR) is 107 cm³/mol. The molecule has 0 aliphatic carbocycles. The molecule has 1 aromatic heterocycles. The largest absolute Gasteiger partial charge is 0.494 e. The maximum Gasteiger partial charge on any atom is 0.271 e. The van der Waals surface area contributed by atoms with E-state index in [9.17, 15) is 20.0 Å². The third-order valence-electron chi connectivity index (χ3n) is 5.05. The van der Waals surface area contributed by atoms with Gasteiger partial charge in [0.25, 0.3) is 5.56 Å². The zero-order valence-electron chi connectivity index (χ0n) is 16.8. The van der Waals surface area contributed by atoms with Crippen LogP contribution in [-0.4, -0.2) is 34.8 Å². The van der Waals surface area contributed by atoms with Crippen molar-refractivity contribution in [3.05, 3.63) is 56.4 Å². The lowest BCUT2D eigenvalue weighted by Gasteiger charge is -2.18. The van der Waals surface area contributed by atoms with Gasteiger partial charge < -0.3 is 14.6 Å². The van der Waals surface area contributed by atoms with Crippen molar-refractivity contribution in [3.8, 4) is 17.7 Å². The first-order valence-corrected chi connectivity index (χ1v) is 9.54. The SMILES string of the molecule is Cc1cc(C)cc(OCC(=O)c2c(C)c(C#N)c(=O)n(CC3CCCO3)c2O)c1. The van der Waals surface area contributed by atoms with Gasteiger partial charge in [-0.1, -0.05) is 6.07 Å². The number of nitriles is 1. The predicted octanol–water partition coefficient (Wildman–Crippen LogP) is 2.79. The van der Waals surface area contributed by atoms with E-state index in [0.717, 1.165) is 28.5 Å². The molecule has 0 radical (unpaired) electrons. The van der Waals surface area contributed by atoms with Crippen LogP contribution in [0.3, 0.4) is 0 Å². The Hall–Kier alpha value is -3.11. The summed E-state index contributed by atoms with van der Waals surface area (Å²) in [5.41, 5.74) is 1.32. The number of aromatic hydroxyl groups is 1. The average molecular weight is 396 g/mol. The number of Topliss-reactive ketones (excluding diaryl/α,β-unsaturated/α-hetero) is 1. The molecule has 7 nitrogen and oxygen atoms in total. The minimum Gasteiger partial charge on any atom is -0.494 e. The first-order chi connectivity index (χ1) is 13.8. The quantitative estimate of drug-likeness (QED) is 0.754. The molecule has 0 spiro atoms. The van der Waals surface area contributed by atoms with Gasteiger partial charge in [-0.05, 0) is 62.4 Å². The van der Waals surface area contributed by atoms with Crippen LogP contribution < -0.4 is 10.3 Å². The Labute approximate surface area is 169 Å². The van der Waals surface area contributed by atoms with Crippen LogP contribution in [0.2, 0.25) is 0 Å². The molecule has 0 bridgehead atoms. The Bertz CT molecular complexity index is 1020. The van der Waals surface area contributed by atoms with Gasteiger partial charge in [0.2, 0.25) is 11.7 Å². The van der Waals surface area contributed by atoms with Gasteiger partial charge in [-0.3, -0.25) is 14.2 Å². The number of nitrogens with zero attached hydrogens (tertiary/aromatic N) is 2. The van der Waals surface area contributed by atoms with Crippen molar-refractivity contribution in [2.45, 2.75) is 46.3 Å². The molecule has 1 saturated heterocycles. The molecule has 1 N–H and O–H groups in total. The van der Waals surface area contributed by atoms with E-state index >= 15 is 0 Å². The summed E-state index contributed by atoms with van der Waals surface area (Å²) in [5.74, 6) is -0.408. The van der Waals surface area contributed by atoms with E-state index in [1.807, 2.05) is 38.1 Å². The van der Waals surface area contributed by atoms with Crippen LogP contribution in [0.25, 0.3) is 0 Å². The standard InChI is InChI=1S/C22H24N2O5/c1-13-7-14(2)9-17(8-13)29-12-19(25)20-15(3)18(10-23)21(26)24(22(20)27)11-16-5-4-6-28-16/h7-9,16,27H,4-6,11-12H2,1-3H3. The summed E-state index contributed by atoms with van der Waals surface area (Å²) in [6, 6.07) is 7.48. The van der Waals surface area contributed by atoms with Crippen LogP contribution in [0.4, 0.5) is 0 Å². The fourth-order valence-corrected chi connectivity index (χ4v) is 3.68. The van der Waals surface area contributed by atoms with Gasteiger partial charge in [0.05, 0.1) is 18.2 Å². The van der Waals surface area contributed by atoms with E-state index in [0.29, 0.717) is 12.4 Å². The number of ketones is 1. The molecule has 1 aliphatic rings. The van der Waals surface area contributed by atoms with Gasteiger partial charge in [0.15, 0.2) is 6.61 Å². The highest BCUT2D eigenvalue weighted by atomic mass is 16.5.